The van der Waals surface area contributed by atoms with Crippen molar-refractivity contribution < 1.29 is 23.5 Å². The topological polar surface area (TPSA) is 47.9 Å². The molecule has 0 spiro atoms. The van der Waals surface area contributed by atoms with Crippen molar-refractivity contribution in [2.45, 2.75) is 70.9 Å². The van der Waals surface area contributed by atoms with Crippen LogP contribution in [-0.2, 0) is 9.31 Å². The molecule has 25 heavy (non-hydrogen) atoms. The fourth-order valence-electron chi connectivity index (χ4n) is 2.88. The van der Waals surface area contributed by atoms with Crippen LogP contribution in [0, 0.1) is 0 Å². The number of ether oxygens (including phenoxy) is 1. The smallest absolute Gasteiger partial charge is 0.487 e. The Morgan fingerprint density at radius 3 is 2.28 bits per heavy atom. The van der Waals surface area contributed by atoms with Crippen LogP contribution in [0.25, 0.3) is 5.57 Å². The molecule has 4 nitrogen and oxygen atoms in total. The van der Waals surface area contributed by atoms with Crippen LogP contribution in [0.15, 0.2) is 30.0 Å². The number of aliphatic hydroxyl groups excluding tert-OH is 1. The molecule has 1 aromatic rings. The Balaban J connectivity index is 1.87. The van der Waals surface area contributed by atoms with Gasteiger partial charge in [-0.15, -0.1) is 0 Å². The Kier molecular flexibility index (Phi) is 4.73. The predicted octanol–water partition coefficient (Wildman–Crippen LogP) is 3.92. The Morgan fingerprint density at radius 1 is 1.16 bits per heavy atom. The molecule has 3 rings (SSSR count). The summed E-state index contributed by atoms with van der Waals surface area (Å²) in [6, 6.07) is 7.27. The number of hydrogen-bond acceptors (Lipinski definition) is 4. The largest absolute Gasteiger partial charge is 0.525 e. The van der Waals surface area contributed by atoms with Gasteiger partial charge in [-0.2, -0.15) is 0 Å². The first kappa shape index (κ1) is 18.4. The van der Waals surface area contributed by atoms with Crippen LogP contribution in [0.4, 0.5) is 4.39 Å². The average Bonchev–Trinajstić information content (AvgIpc) is 2.78. The van der Waals surface area contributed by atoms with E-state index in [1.807, 2.05) is 39.8 Å². The van der Waals surface area contributed by atoms with Gasteiger partial charge >= 0.3 is 7.12 Å². The van der Waals surface area contributed by atoms with E-state index < -0.39 is 30.2 Å². The molecule has 2 unspecified atom stereocenters. The Labute approximate surface area is 149 Å². The van der Waals surface area contributed by atoms with E-state index in [1.54, 1.807) is 19.1 Å². The zero-order valence-electron chi connectivity index (χ0n) is 15.5. The summed E-state index contributed by atoms with van der Waals surface area (Å²) in [4.78, 5) is 0. The van der Waals surface area contributed by atoms with Crippen molar-refractivity contribution in [3.05, 3.63) is 35.6 Å². The van der Waals surface area contributed by atoms with Gasteiger partial charge in [0.15, 0.2) is 0 Å². The molecule has 1 N–H and O–H groups in total. The lowest BCUT2D eigenvalue weighted by Gasteiger charge is -2.33. The van der Waals surface area contributed by atoms with Crippen LogP contribution in [-0.4, -0.2) is 35.6 Å². The monoisotopic (exact) mass is 348 g/mol. The van der Waals surface area contributed by atoms with Gasteiger partial charge < -0.3 is 19.2 Å². The van der Waals surface area contributed by atoms with Crippen LogP contribution in [0.5, 0.6) is 5.75 Å². The third-order valence-electron chi connectivity index (χ3n) is 5.56. The first-order valence-electron chi connectivity index (χ1n) is 8.78. The molecule has 1 saturated heterocycles. The fourth-order valence-corrected chi connectivity index (χ4v) is 2.88. The number of allylic oxidation sites excluding steroid dienone is 1. The van der Waals surface area contributed by atoms with Gasteiger partial charge in [0.25, 0.3) is 0 Å². The lowest BCUT2D eigenvalue weighted by Crippen LogP contribution is -2.41. The number of hydrogen-bond donors (Lipinski definition) is 1. The maximum atomic E-state index is 15.1. The fraction of sp³-hybridized carbons (Fsp3) is 0.579. The maximum absolute atomic E-state index is 15.1. The summed E-state index contributed by atoms with van der Waals surface area (Å²) in [6.07, 6.45) is 0.862. The normalized spacial score (nSPS) is 28.4. The number of aliphatic hydroxyl groups is 1. The van der Waals surface area contributed by atoms with E-state index in [2.05, 4.69) is 0 Å². The molecule has 1 aliphatic carbocycles. The van der Waals surface area contributed by atoms with Gasteiger partial charge in [-0.25, -0.2) is 4.39 Å². The van der Waals surface area contributed by atoms with Gasteiger partial charge in [0.2, 0.25) is 0 Å². The summed E-state index contributed by atoms with van der Waals surface area (Å²) in [5, 5.41) is 9.74. The maximum Gasteiger partial charge on any atom is 0.525 e. The zero-order chi connectivity index (χ0) is 18.4. The van der Waals surface area contributed by atoms with Gasteiger partial charge in [-0.05, 0) is 59.1 Å². The SMILES string of the molecule is CC(=C(F)B1OC(C)(C)C(C)(C)O1)c1ccccc1OC1CCC1O. The minimum atomic E-state index is -1.03. The van der Waals surface area contributed by atoms with E-state index >= 15 is 4.39 Å². The molecule has 2 aliphatic rings. The Morgan fingerprint density at radius 2 is 1.76 bits per heavy atom. The second-order valence-electron chi connectivity index (χ2n) is 7.86. The summed E-state index contributed by atoms with van der Waals surface area (Å²) in [5.41, 5.74) is -0.580. The molecule has 1 aliphatic heterocycles. The second kappa shape index (κ2) is 6.42. The minimum Gasteiger partial charge on any atom is -0.487 e. The lowest BCUT2D eigenvalue weighted by atomic mass is 9.83. The summed E-state index contributed by atoms with van der Waals surface area (Å²) in [7, 11) is -1.03. The van der Waals surface area contributed by atoms with E-state index in [-0.39, 0.29) is 6.10 Å². The number of benzene rings is 1. The van der Waals surface area contributed by atoms with Gasteiger partial charge in [0.1, 0.15) is 17.6 Å². The quantitative estimate of drug-likeness (QED) is 0.838. The molecule has 0 radical (unpaired) electrons. The lowest BCUT2D eigenvalue weighted by molar-refractivity contribution is -0.0362. The molecule has 0 aromatic heterocycles. The van der Waals surface area contributed by atoms with Gasteiger partial charge in [0.05, 0.1) is 17.3 Å². The molecular formula is C19H26BFO4. The van der Waals surface area contributed by atoms with Crippen molar-refractivity contribution >= 4 is 12.7 Å². The molecule has 2 fully saturated rings. The molecule has 1 saturated carbocycles. The average molecular weight is 348 g/mol. The van der Waals surface area contributed by atoms with Crippen LogP contribution in [0.3, 0.4) is 0 Å². The molecule has 1 aromatic carbocycles. The first-order valence-corrected chi connectivity index (χ1v) is 8.78. The van der Waals surface area contributed by atoms with E-state index in [4.69, 9.17) is 14.0 Å². The molecular weight excluding hydrogens is 322 g/mol. The van der Waals surface area contributed by atoms with Crippen molar-refractivity contribution in [3.8, 4) is 5.75 Å². The molecule has 0 amide bonds. The second-order valence-corrected chi connectivity index (χ2v) is 7.86. The zero-order valence-corrected chi connectivity index (χ0v) is 15.5. The highest BCUT2D eigenvalue weighted by Gasteiger charge is 2.53. The summed E-state index contributed by atoms with van der Waals surface area (Å²) < 4.78 is 32.6. The number of para-hydroxylation sites is 1. The number of halogens is 1. The van der Waals surface area contributed by atoms with Gasteiger partial charge in [-0.1, -0.05) is 18.2 Å². The predicted molar refractivity (Wildman–Crippen MR) is 95.9 cm³/mol. The molecule has 136 valence electrons. The Hall–Kier alpha value is -1.37. The molecule has 1 heterocycles. The minimum absolute atomic E-state index is 0.228. The van der Waals surface area contributed by atoms with E-state index in [0.29, 0.717) is 16.9 Å². The van der Waals surface area contributed by atoms with Gasteiger partial charge in [-0.3, -0.25) is 0 Å². The highest BCUT2D eigenvalue weighted by molar-refractivity contribution is 6.55. The standard InChI is InChI=1S/C19H26BFO4/c1-12(17(21)20-24-18(2,3)19(4,5)25-20)13-8-6-7-9-15(13)23-16-11-10-14(16)22/h6-9,14,16,22H,10-11H2,1-5H3. The third kappa shape index (κ3) is 3.35. The van der Waals surface area contributed by atoms with Crippen LogP contribution < -0.4 is 4.74 Å². The number of rotatable bonds is 4. The van der Waals surface area contributed by atoms with Crippen molar-refractivity contribution in [2.24, 2.45) is 0 Å². The summed E-state index contributed by atoms with van der Waals surface area (Å²) in [5.74, 6) is 0.565. The highest BCUT2D eigenvalue weighted by Crippen LogP contribution is 2.41. The van der Waals surface area contributed by atoms with Gasteiger partial charge in [0, 0.05) is 5.56 Å². The summed E-state index contributed by atoms with van der Waals surface area (Å²) in [6.45, 7) is 9.27. The first-order chi connectivity index (χ1) is 11.6. The van der Waals surface area contributed by atoms with Crippen LogP contribution in [0.1, 0.15) is 53.0 Å². The molecule has 6 heteroatoms. The van der Waals surface area contributed by atoms with Crippen LogP contribution >= 0.6 is 0 Å². The van der Waals surface area contributed by atoms with E-state index in [0.717, 1.165) is 12.8 Å². The molecule has 0 bridgehead atoms. The van der Waals surface area contributed by atoms with Crippen LogP contribution in [0.2, 0.25) is 0 Å². The van der Waals surface area contributed by atoms with Crippen molar-refractivity contribution in [2.75, 3.05) is 0 Å². The molecule has 2 atom stereocenters. The van der Waals surface area contributed by atoms with Crippen molar-refractivity contribution in [3.63, 3.8) is 0 Å². The van der Waals surface area contributed by atoms with E-state index in [9.17, 15) is 5.11 Å². The Bertz CT molecular complexity index is 670. The van der Waals surface area contributed by atoms with Crippen molar-refractivity contribution in [1.29, 1.82) is 0 Å². The summed E-state index contributed by atoms with van der Waals surface area (Å²) >= 11 is 0. The third-order valence-corrected chi connectivity index (χ3v) is 5.56. The van der Waals surface area contributed by atoms with Crippen molar-refractivity contribution in [1.82, 2.24) is 0 Å². The highest BCUT2D eigenvalue weighted by atomic mass is 19.1. The van der Waals surface area contributed by atoms with E-state index in [1.165, 1.54) is 0 Å².